The number of carbonyl (C=O) groups is 1. The molecule has 3 aromatic rings. The fourth-order valence-corrected chi connectivity index (χ4v) is 3.86. The lowest BCUT2D eigenvalue weighted by atomic mass is 10.3. The van der Waals surface area contributed by atoms with Crippen LogP contribution in [0.2, 0.25) is 0 Å². The quantitative estimate of drug-likeness (QED) is 0.714. The fourth-order valence-electron chi connectivity index (χ4n) is 2.81. The summed E-state index contributed by atoms with van der Waals surface area (Å²) in [5.74, 6) is -0.287. The van der Waals surface area contributed by atoms with Crippen LogP contribution in [0, 0.1) is 5.82 Å². The van der Waals surface area contributed by atoms with Crippen LogP contribution in [0.15, 0.2) is 30.5 Å². The zero-order chi connectivity index (χ0) is 16.7. The number of carbonyl (C=O) groups excluding carboxylic acids is 1. The smallest absolute Gasteiger partial charge is 0.274 e. The highest BCUT2D eigenvalue weighted by Crippen LogP contribution is 2.29. The molecular formula is C16H16FN5OS. The minimum atomic E-state index is -0.247. The lowest BCUT2D eigenvalue weighted by molar-refractivity contribution is 0.0740. The number of rotatable bonds is 2. The van der Waals surface area contributed by atoms with E-state index in [9.17, 15) is 9.18 Å². The van der Waals surface area contributed by atoms with Crippen molar-refractivity contribution in [2.75, 3.05) is 31.1 Å². The second-order valence-electron chi connectivity index (χ2n) is 5.76. The zero-order valence-electron chi connectivity index (χ0n) is 13.1. The predicted molar refractivity (Wildman–Crippen MR) is 90.9 cm³/mol. The first-order valence-corrected chi connectivity index (χ1v) is 8.52. The maximum atomic E-state index is 13.3. The summed E-state index contributed by atoms with van der Waals surface area (Å²) in [5.41, 5.74) is 1.28. The second kappa shape index (κ2) is 5.86. The Balaban J connectivity index is 1.46. The topological polar surface area (TPSA) is 54.3 Å². The molecule has 0 aliphatic carbocycles. The Hall–Kier alpha value is -2.48. The van der Waals surface area contributed by atoms with Crippen molar-refractivity contribution in [1.29, 1.82) is 0 Å². The van der Waals surface area contributed by atoms with Gasteiger partial charge in [-0.2, -0.15) is 5.10 Å². The number of aromatic nitrogens is 3. The summed E-state index contributed by atoms with van der Waals surface area (Å²) in [7, 11) is 1.80. The number of amides is 1. The lowest BCUT2D eigenvalue weighted by Crippen LogP contribution is -2.48. The van der Waals surface area contributed by atoms with Gasteiger partial charge in [0.05, 0.1) is 10.2 Å². The van der Waals surface area contributed by atoms with Crippen molar-refractivity contribution in [2.45, 2.75) is 0 Å². The number of anilines is 1. The molecule has 1 saturated heterocycles. The normalized spacial score (nSPS) is 15.2. The molecule has 0 saturated carbocycles. The summed E-state index contributed by atoms with van der Waals surface area (Å²) in [4.78, 5) is 20.9. The van der Waals surface area contributed by atoms with Crippen molar-refractivity contribution in [2.24, 2.45) is 7.05 Å². The molecule has 1 aliphatic rings. The molecular weight excluding hydrogens is 329 g/mol. The van der Waals surface area contributed by atoms with E-state index in [2.05, 4.69) is 15.0 Å². The van der Waals surface area contributed by atoms with Gasteiger partial charge in [0.15, 0.2) is 5.13 Å². The van der Waals surface area contributed by atoms with Crippen LogP contribution in [-0.2, 0) is 7.05 Å². The maximum absolute atomic E-state index is 13.3. The number of piperazine rings is 1. The SMILES string of the molecule is Cn1ccc(C(=O)N2CCN(c3nc4ccc(F)cc4s3)CC2)n1. The molecule has 0 radical (unpaired) electrons. The van der Waals surface area contributed by atoms with E-state index in [4.69, 9.17) is 0 Å². The zero-order valence-corrected chi connectivity index (χ0v) is 14.0. The lowest BCUT2D eigenvalue weighted by Gasteiger charge is -2.34. The van der Waals surface area contributed by atoms with E-state index < -0.39 is 0 Å². The van der Waals surface area contributed by atoms with Gasteiger partial charge >= 0.3 is 0 Å². The molecule has 0 N–H and O–H groups in total. The first kappa shape index (κ1) is 15.1. The molecule has 1 amide bonds. The van der Waals surface area contributed by atoms with Crippen LogP contribution in [0.3, 0.4) is 0 Å². The van der Waals surface area contributed by atoms with Crippen molar-refractivity contribution < 1.29 is 9.18 Å². The van der Waals surface area contributed by atoms with Gasteiger partial charge in [-0.05, 0) is 24.3 Å². The summed E-state index contributed by atoms with van der Waals surface area (Å²) < 4.78 is 15.8. The standard InChI is InChI=1S/C16H16FN5OS/c1-20-5-4-13(19-20)15(23)21-6-8-22(9-7-21)16-18-12-3-2-11(17)10-14(12)24-16/h2-5,10H,6-9H2,1H3. The minimum Gasteiger partial charge on any atom is -0.345 e. The van der Waals surface area contributed by atoms with E-state index in [1.54, 1.807) is 30.1 Å². The molecule has 2 aromatic heterocycles. The van der Waals surface area contributed by atoms with E-state index in [0.717, 1.165) is 15.3 Å². The molecule has 1 aromatic carbocycles. The molecule has 1 fully saturated rings. The Morgan fingerprint density at radius 3 is 2.71 bits per heavy atom. The van der Waals surface area contributed by atoms with Gasteiger partial charge in [-0.15, -0.1) is 0 Å². The predicted octanol–water partition coefficient (Wildman–Crippen LogP) is 2.13. The fraction of sp³-hybridized carbons (Fsp3) is 0.312. The summed E-state index contributed by atoms with van der Waals surface area (Å²) in [6.07, 6.45) is 1.77. The average molecular weight is 345 g/mol. The Morgan fingerprint density at radius 2 is 2.00 bits per heavy atom. The molecule has 0 atom stereocenters. The van der Waals surface area contributed by atoms with Crippen LogP contribution in [0.5, 0.6) is 0 Å². The Kier molecular flexibility index (Phi) is 3.68. The maximum Gasteiger partial charge on any atom is 0.274 e. The van der Waals surface area contributed by atoms with Gasteiger partial charge < -0.3 is 9.80 Å². The van der Waals surface area contributed by atoms with Gasteiger partial charge in [0.1, 0.15) is 11.5 Å². The highest BCUT2D eigenvalue weighted by molar-refractivity contribution is 7.22. The van der Waals surface area contributed by atoms with Crippen molar-refractivity contribution in [1.82, 2.24) is 19.7 Å². The third-order valence-corrected chi connectivity index (χ3v) is 5.19. The summed E-state index contributed by atoms with van der Waals surface area (Å²) in [6, 6.07) is 6.37. The minimum absolute atomic E-state index is 0.0402. The number of thiazole rings is 1. The Labute approximate surface area is 142 Å². The molecule has 0 spiro atoms. The van der Waals surface area contributed by atoms with Crippen LogP contribution >= 0.6 is 11.3 Å². The van der Waals surface area contributed by atoms with E-state index in [1.807, 2.05) is 4.90 Å². The Bertz CT molecular complexity index is 897. The molecule has 3 heterocycles. The number of hydrogen-bond acceptors (Lipinski definition) is 5. The van der Waals surface area contributed by atoms with Gasteiger partial charge in [-0.3, -0.25) is 9.48 Å². The molecule has 124 valence electrons. The summed E-state index contributed by atoms with van der Waals surface area (Å²) in [5, 5.41) is 5.04. The van der Waals surface area contributed by atoms with Crippen molar-refractivity contribution in [3.63, 3.8) is 0 Å². The third-order valence-electron chi connectivity index (χ3n) is 4.11. The average Bonchev–Trinajstić information content (AvgIpc) is 3.20. The van der Waals surface area contributed by atoms with Gasteiger partial charge in [-0.1, -0.05) is 11.3 Å². The van der Waals surface area contributed by atoms with E-state index in [1.165, 1.54) is 23.5 Å². The number of hydrogen-bond donors (Lipinski definition) is 0. The van der Waals surface area contributed by atoms with Gasteiger partial charge in [0.25, 0.3) is 5.91 Å². The first-order chi connectivity index (χ1) is 11.6. The molecule has 6 nitrogen and oxygen atoms in total. The van der Waals surface area contributed by atoms with Crippen molar-refractivity contribution >= 4 is 32.6 Å². The summed E-state index contributed by atoms with van der Waals surface area (Å²) >= 11 is 1.48. The number of fused-ring (bicyclic) bond motifs is 1. The highest BCUT2D eigenvalue weighted by Gasteiger charge is 2.25. The molecule has 1 aliphatic heterocycles. The van der Waals surface area contributed by atoms with Crippen LogP contribution < -0.4 is 4.90 Å². The van der Waals surface area contributed by atoms with Crippen LogP contribution in [-0.4, -0.2) is 51.8 Å². The monoisotopic (exact) mass is 345 g/mol. The van der Waals surface area contributed by atoms with E-state index >= 15 is 0 Å². The third kappa shape index (κ3) is 2.73. The van der Waals surface area contributed by atoms with Crippen LogP contribution in [0.25, 0.3) is 10.2 Å². The van der Waals surface area contributed by atoms with E-state index in [0.29, 0.717) is 31.9 Å². The van der Waals surface area contributed by atoms with Gasteiger partial charge in [0.2, 0.25) is 0 Å². The number of halogens is 1. The van der Waals surface area contributed by atoms with Crippen molar-refractivity contribution in [3.05, 3.63) is 42.0 Å². The second-order valence-corrected chi connectivity index (χ2v) is 6.77. The Morgan fingerprint density at radius 1 is 1.21 bits per heavy atom. The molecule has 24 heavy (non-hydrogen) atoms. The summed E-state index contributed by atoms with van der Waals surface area (Å²) in [6.45, 7) is 2.67. The van der Waals surface area contributed by atoms with E-state index in [-0.39, 0.29) is 11.7 Å². The first-order valence-electron chi connectivity index (χ1n) is 7.70. The van der Waals surface area contributed by atoms with Gasteiger partial charge in [0, 0.05) is 39.4 Å². The highest BCUT2D eigenvalue weighted by atomic mass is 32.1. The molecule has 8 heteroatoms. The molecule has 0 unspecified atom stereocenters. The molecule has 0 bridgehead atoms. The van der Waals surface area contributed by atoms with Crippen LogP contribution in [0.1, 0.15) is 10.5 Å². The number of nitrogens with zero attached hydrogens (tertiary/aromatic N) is 5. The van der Waals surface area contributed by atoms with Gasteiger partial charge in [-0.25, -0.2) is 9.37 Å². The number of aryl methyl sites for hydroxylation is 1. The number of benzene rings is 1. The largest absolute Gasteiger partial charge is 0.345 e. The van der Waals surface area contributed by atoms with Crippen LogP contribution in [0.4, 0.5) is 9.52 Å². The molecule has 4 rings (SSSR count). The van der Waals surface area contributed by atoms with Crippen molar-refractivity contribution in [3.8, 4) is 0 Å².